The summed E-state index contributed by atoms with van der Waals surface area (Å²) >= 11 is 0. The van der Waals surface area contributed by atoms with Gasteiger partial charge in [0, 0.05) is 5.70 Å². The minimum atomic E-state index is 0.832. The number of nitrogens with zero attached hydrogens (tertiary/aromatic N) is 1. The predicted molar refractivity (Wildman–Crippen MR) is 30.3 cm³/mol. The van der Waals surface area contributed by atoms with Crippen LogP contribution in [0, 0.1) is 0 Å². The van der Waals surface area contributed by atoms with Crippen LogP contribution in [-0.2, 0) is 0 Å². The van der Waals surface area contributed by atoms with Gasteiger partial charge in [-0.15, -0.1) is 0 Å². The van der Waals surface area contributed by atoms with Gasteiger partial charge in [-0.3, -0.25) is 4.99 Å². The van der Waals surface area contributed by atoms with Crippen LogP contribution >= 0.6 is 0 Å². The maximum Gasteiger partial charge on any atom is 0.0869 e. The Bertz CT molecular complexity index is 113. The average Bonchev–Trinajstić information content (AvgIpc) is 1.69. The number of aliphatic imine (C=N–C) groups is 1. The van der Waals surface area contributed by atoms with Crippen molar-refractivity contribution < 1.29 is 0 Å². The summed E-state index contributed by atoms with van der Waals surface area (Å²) in [7, 11) is 0. The second-order valence-electron chi connectivity index (χ2n) is 1.53. The van der Waals surface area contributed by atoms with Crippen molar-refractivity contribution in [3.63, 3.8) is 0 Å². The molecule has 0 bridgehead atoms. The van der Waals surface area contributed by atoms with Crippen LogP contribution in [0.3, 0.4) is 0 Å². The molecule has 0 atom stereocenters. The van der Waals surface area contributed by atoms with Crippen LogP contribution in [0.25, 0.3) is 0 Å². The normalized spacial score (nSPS) is 18.1. The first kappa shape index (κ1) is 4.37. The van der Waals surface area contributed by atoms with E-state index in [2.05, 4.69) is 10.3 Å². The average molecular weight is 96.1 g/mol. The molecule has 2 heteroatoms. The van der Waals surface area contributed by atoms with E-state index in [-0.39, 0.29) is 0 Å². The topological polar surface area (TPSA) is 24.4 Å². The van der Waals surface area contributed by atoms with Crippen LogP contribution in [0.2, 0.25) is 0 Å². The van der Waals surface area contributed by atoms with Crippen molar-refractivity contribution in [1.82, 2.24) is 5.32 Å². The molecule has 0 fully saturated rings. The van der Waals surface area contributed by atoms with E-state index in [1.807, 2.05) is 13.0 Å². The first-order valence-corrected chi connectivity index (χ1v) is 2.31. The molecule has 1 N–H and O–H groups in total. The zero-order valence-corrected chi connectivity index (χ0v) is 4.31. The summed E-state index contributed by atoms with van der Waals surface area (Å²) < 4.78 is 0. The molecule has 0 unspecified atom stereocenters. The first-order chi connectivity index (χ1) is 3.39. The van der Waals surface area contributed by atoms with Gasteiger partial charge in [0.15, 0.2) is 0 Å². The van der Waals surface area contributed by atoms with E-state index in [9.17, 15) is 0 Å². The van der Waals surface area contributed by atoms with Gasteiger partial charge in [-0.2, -0.15) is 0 Å². The molecule has 0 aromatic rings. The molecule has 38 valence electrons. The second-order valence-corrected chi connectivity index (χ2v) is 1.53. The molecule has 1 heterocycles. The summed E-state index contributed by atoms with van der Waals surface area (Å²) in [5.74, 6) is 0. The van der Waals surface area contributed by atoms with Crippen molar-refractivity contribution in [1.29, 1.82) is 0 Å². The zero-order chi connectivity index (χ0) is 5.11. The van der Waals surface area contributed by atoms with Crippen LogP contribution in [0.5, 0.6) is 0 Å². The molecule has 1 aliphatic rings. The van der Waals surface area contributed by atoms with E-state index in [0.29, 0.717) is 0 Å². The highest BCUT2D eigenvalue weighted by Crippen LogP contribution is 1.87. The molecule has 1 aliphatic heterocycles. The van der Waals surface area contributed by atoms with Crippen LogP contribution in [0.15, 0.2) is 16.8 Å². The predicted octanol–water partition coefficient (Wildman–Crippen LogP) is 0.522. The van der Waals surface area contributed by atoms with Gasteiger partial charge in [0.2, 0.25) is 0 Å². The Labute approximate surface area is 42.9 Å². The molecule has 0 radical (unpaired) electrons. The minimum absolute atomic E-state index is 0.832. The molecule has 0 saturated carbocycles. The van der Waals surface area contributed by atoms with Gasteiger partial charge in [0.1, 0.15) is 0 Å². The first-order valence-electron chi connectivity index (χ1n) is 2.31. The number of nitrogens with one attached hydrogen (secondary N) is 1. The Balaban J connectivity index is 2.50. The summed E-state index contributed by atoms with van der Waals surface area (Å²) in [6.07, 6.45) is 3.76. The molecular weight excluding hydrogens is 88.1 g/mol. The fourth-order valence-corrected chi connectivity index (χ4v) is 0.449. The highest BCUT2D eigenvalue weighted by atomic mass is 15.0. The molecule has 0 spiro atoms. The highest BCUT2D eigenvalue weighted by Gasteiger charge is 1.85. The largest absolute Gasteiger partial charge is 0.351 e. The van der Waals surface area contributed by atoms with Crippen molar-refractivity contribution in [3.8, 4) is 0 Å². The molecule has 1 rings (SSSR count). The van der Waals surface area contributed by atoms with Gasteiger partial charge in [-0.25, -0.2) is 0 Å². The van der Waals surface area contributed by atoms with E-state index < -0.39 is 0 Å². The standard InChI is InChI=1S/C5H8N2/c1-5-2-3-6-4-7-5/h2,4H,3H2,1H3,(H,6,7). The summed E-state index contributed by atoms with van der Waals surface area (Å²) in [6, 6.07) is 0. The molecule has 2 nitrogen and oxygen atoms in total. The Hall–Kier alpha value is -0.790. The quantitative estimate of drug-likeness (QED) is 0.467. The molecule has 0 amide bonds. The van der Waals surface area contributed by atoms with Gasteiger partial charge in [0.05, 0.1) is 12.9 Å². The van der Waals surface area contributed by atoms with Crippen LogP contribution in [0.1, 0.15) is 6.92 Å². The second kappa shape index (κ2) is 1.78. The third kappa shape index (κ3) is 1.03. The number of rotatable bonds is 0. The fraction of sp³-hybridized carbons (Fsp3) is 0.400. The summed E-state index contributed by atoms with van der Waals surface area (Å²) in [6.45, 7) is 2.85. The van der Waals surface area contributed by atoms with Gasteiger partial charge in [-0.05, 0) is 13.0 Å². The SMILES string of the molecule is CC1=CCN=CN1. The minimum Gasteiger partial charge on any atom is -0.351 e. The molecule has 0 saturated heterocycles. The van der Waals surface area contributed by atoms with Crippen molar-refractivity contribution in [2.45, 2.75) is 6.92 Å². The molecule has 0 aromatic heterocycles. The van der Waals surface area contributed by atoms with E-state index in [4.69, 9.17) is 0 Å². The summed E-state index contributed by atoms with van der Waals surface area (Å²) in [5.41, 5.74) is 1.19. The van der Waals surface area contributed by atoms with Crippen molar-refractivity contribution in [2.75, 3.05) is 6.54 Å². The van der Waals surface area contributed by atoms with E-state index in [0.717, 1.165) is 6.54 Å². The molecule has 7 heavy (non-hydrogen) atoms. The Kier molecular flexibility index (Phi) is 1.11. The lowest BCUT2D eigenvalue weighted by Crippen LogP contribution is -2.11. The van der Waals surface area contributed by atoms with E-state index in [1.54, 1.807) is 6.34 Å². The zero-order valence-electron chi connectivity index (χ0n) is 4.31. The maximum atomic E-state index is 3.92. The van der Waals surface area contributed by atoms with Gasteiger partial charge < -0.3 is 5.32 Å². The van der Waals surface area contributed by atoms with Gasteiger partial charge in [-0.1, -0.05) is 0 Å². The molecular formula is C5H8N2. The lowest BCUT2D eigenvalue weighted by Gasteiger charge is -2.01. The highest BCUT2D eigenvalue weighted by molar-refractivity contribution is 5.58. The smallest absolute Gasteiger partial charge is 0.0869 e. The van der Waals surface area contributed by atoms with Gasteiger partial charge in [0.25, 0.3) is 0 Å². The lowest BCUT2D eigenvalue weighted by atomic mass is 10.4. The number of hydrogen-bond acceptors (Lipinski definition) is 2. The number of hydrogen-bond donors (Lipinski definition) is 1. The van der Waals surface area contributed by atoms with E-state index in [1.165, 1.54) is 5.70 Å². The monoisotopic (exact) mass is 96.1 g/mol. The van der Waals surface area contributed by atoms with E-state index >= 15 is 0 Å². The summed E-state index contributed by atoms with van der Waals surface area (Å²) in [4.78, 5) is 3.92. The van der Waals surface area contributed by atoms with Crippen LogP contribution in [-0.4, -0.2) is 12.9 Å². The lowest BCUT2D eigenvalue weighted by molar-refractivity contribution is 1.04. The number of allylic oxidation sites excluding steroid dienone is 1. The van der Waals surface area contributed by atoms with Crippen LogP contribution in [0.4, 0.5) is 0 Å². The Morgan fingerprint density at radius 3 is 3.00 bits per heavy atom. The molecule has 0 aromatic carbocycles. The Morgan fingerprint density at radius 1 is 1.86 bits per heavy atom. The van der Waals surface area contributed by atoms with Gasteiger partial charge >= 0.3 is 0 Å². The third-order valence-electron chi connectivity index (χ3n) is 0.886. The summed E-state index contributed by atoms with van der Waals surface area (Å²) in [5, 5.41) is 2.95. The fourth-order valence-electron chi connectivity index (χ4n) is 0.449. The molecule has 0 aliphatic carbocycles. The van der Waals surface area contributed by atoms with Crippen molar-refractivity contribution in [2.24, 2.45) is 4.99 Å². The van der Waals surface area contributed by atoms with Crippen molar-refractivity contribution >= 4 is 6.34 Å². The maximum absolute atomic E-state index is 3.92. The third-order valence-corrected chi connectivity index (χ3v) is 0.886. The van der Waals surface area contributed by atoms with Crippen molar-refractivity contribution in [3.05, 3.63) is 11.8 Å². The van der Waals surface area contributed by atoms with Crippen LogP contribution < -0.4 is 5.32 Å². The Morgan fingerprint density at radius 2 is 2.71 bits per heavy atom.